The van der Waals surface area contributed by atoms with Gasteiger partial charge in [0.1, 0.15) is 11.5 Å². The number of carbonyl (C=O) groups is 1. The van der Waals surface area contributed by atoms with Crippen molar-refractivity contribution in [3.63, 3.8) is 0 Å². The second kappa shape index (κ2) is 8.31. The number of benzene rings is 1. The van der Waals surface area contributed by atoms with E-state index in [1.54, 1.807) is 36.5 Å². The zero-order valence-electron chi connectivity index (χ0n) is 13.3. The van der Waals surface area contributed by atoms with Gasteiger partial charge < -0.3 is 19.5 Å². The van der Waals surface area contributed by atoms with E-state index in [-0.39, 0.29) is 18.6 Å². The van der Waals surface area contributed by atoms with Crippen molar-refractivity contribution in [2.24, 2.45) is 0 Å². The van der Waals surface area contributed by atoms with Crippen LogP contribution in [0, 0.1) is 0 Å². The van der Waals surface area contributed by atoms with Crippen LogP contribution in [0.15, 0.2) is 48.7 Å². The Kier molecular flexibility index (Phi) is 5.63. The number of rotatable bonds is 6. The van der Waals surface area contributed by atoms with Crippen molar-refractivity contribution in [3.8, 4) is 17.4 Å². The molecule has 1 aromatic carbocycles. The summed E-state index contributed by atoms with van der Waals surface area (Å²) in [4.78, 5) is 16.0. The van der Waals surface area contributed by atoms with Crippen molar-refractivity contribution in [3.05, 3.63) is 48.7 Å². The quantitative estimate of drug-likeness (QED) is 0.882. The van der Waals surface area contributed by atoms with Gasteiger partial charge in [-0.25, -0.2) is 4.98 Å². The molecule has 1 saturated heterocycles. The summed E-state index contributed by atoms with van der Waals surface area (Å²) < 4.78 is 16.4. The van der Waals surface area contributed by atoms with Gasteiger partial charge in [-0.3, -0.25) is 4.79 Å². The first-order valence-electron chi connectivity index (χ1n) is 7.98. The highest BCUT2D eigenvalue weighted by Gasteiger charge is 2.16. The number of carbonyl (C=O) groups excluding carboxylic acids is 1. The van der Waals surface area contributed by atoms with Crippen molar-refractivity contribution in [1.29, 1.82) is 0 Å². The topological polar surface area (TPSA) is 69.7 Å². The predicted octanol–water partition coefficient (Wildman–Crippen LogP) is 2.55. The molecule has 6 nitrogen and oxygen atoms in total. The fraction of sp³-hybridized carbons (Fsp3) is 0.333. The zero-order valence-corrected chi connectivity index (χ0v) is 13.3. The van der Waals surface area contributed by atoms with E-state index in [1.807, 2.05) is 12.1 Å². The molecule has 6 heteroatoms. The van der Waals surface area contributed by atoms with Gasteiger partial charge in [0.15, 0.2) is 6.61 Å². The highest BCUT2D eigenvalue weighted by Crippen LogP contribution is 2.22. The van der Waals surface area contributed by atoms with Crippen molar-refractivity contribution < 1.29 is 19.0 Å². The minimum Gasteiger partial charge on any atom is -0.484 e. The van der Waals surface area contributed by atoms with E-state index in [2.05, 4.69) is 10.3 Å². The molecule has 1 aliphatic rings. The second-order valence-electron chi connectivity index (χ2n) is 5.48. The van der Waals surface area contributed by atoms with Gasteiger partial charge in [0.05, 0.1) is 0 Å². The van der Waals surface area contributed by atoms with E-state index in [0.717, 1.165) is 12.8 Å². The summed E-state index contributed by atoms with van der Waals surface area (Å²) in [7, 11) is 0. The molecule has 0 bridgehead atoms. The van der Waals surface area contributed by atoms with Crippen LogP contribution in [0.5, 0.6) is 17.4 Å². The third-order valence-corrected chi connectivity index (χ3v) is 3.64. The molecule has 0 unspecified atom stereocenters. The number of amides is 1. The number of ether oxygens (including phenoxy) is 3. The Bertz CT molecular complexity index is 640. The Morgan fingerprint density at radius 2 is 1.88 bits per heavy atom. The molecule has 2 heterocycles. The minimum absolute atomic E-state index is 0.00218. The van der Waals surface area contributed by atoms with Gasteiger partial charge >= 0.3 is 0 Å². The number of aromatic nitrogens is 1. The lowest BCUT2D eigenvalue weighted by Crippen LogP contribution is -2.41. The average molecular weight is 328 g/mol. The number of hydrogen-bond acceptors (Lipinski definition) is 5. The molecule has 1 aliphatic heterocycles. The summed E-state index contributed by atoms with van der Waals surface area (Å²) >= 11 is 0. The molecule has 126 valence electrons. The number of pyridine rings is 1. The lowest BCUT2D eigenvalue weighted by Gasteiger charge is -2.23. The standard InChI is InChI=1S/C18H20N2O4/c21-17(20-14-8-11-22-12-9-14)13-23-15-4-6-16(7-5-15)24-18-3-1-2-10-19-18/h1-7,10,14H,8-9,11-13H2,(H,20,21). The molecule has 3 rings (SSSR count). The Morgan fingerprint density at radius 1 is 1.12 bits per heavy atom. The first kappa shape index (κ1) is 16.3. The predicted molar refractivity (Wildman–Crippen MR) is 88.2 cm³/mol. The molecular weight excluding hydrogens is 308 g/mol. The summed E-state index contributed by atoms with van der Waals surface area (Å²) in [5.74, 6) is 1.69. The van der Waals surface area contributed by atoms with E-state index in [1.165, 1.54) is 0 Å². The van der Waals surface area contributed by atoms with Crippen molar-refractivity contribution >= 4 is 5.91 Å². The minimum atomic E-state index is -0.115. The molecule has 1 amide bonds. The Balaban J connectivity index is 1.44. The van der Waals surface area contributed by atoms with E-state index >= 15 is 0 Å². The molecule has 0 aliphatic carbocycles. The van der Waals surface area contributed by atoms with Gasteiger partial charge in [0.2, 0.25) is 5.88 Å². The van der Waals surface area contributed by atoms with Crippen molar-refractivity contribution in [2.45, 2.75) is 18.9 Å². The maximum Gasteiger partial charge on any atom is 0.258 e. The second-order valence-corrected chi connectivity index (χ2v) is 5.48. The molecule has 24 heavy (non-hydrogen) atoms. The van der Waals surface area contributed by atoms with Crippen LogP contribution in [-0.2, 0) is 9.53 Å². The number of nitrogens with one attached hydrogen (secondary N) is 1. The molecule has 1 N–H and O–H groups in total. The summed E-state index contributed by atoms with van der Waals surface area (Å²) in [6.07, 6.45) is 3.38. The molecular formula is C18H20N2O4. The number of hydrogen-bond donors (Lipinski definition) is 1. The Labute approximate surface area is 140 Å². The van der Waals surface area contributed by atoms with Crippen LogP contribution < -0.4 is 14.8 Å². The van der Waals surface area contributed by atoms with E-state index < -0.39 is 0 Å². The van der Waals surface area contributed by atoms with Crippen LogP contribution in [0.25, 0.3) is 0 Å². The maximum absolute atomic E-state index is 11.9. The van der Waals surface area contributed by atoms with Crippen molar-refractivity contribution in [2.75, 3.05) is 19.8 Å². The Hall–Kier alpha value is -2.60. The van der Waals surface area contributed by atoms with Crippen LogP contribution >= 0.6 is 0 Å². The van der Waals surface area contributed by atoms with Crippen molar-refractivity contribution in [1.82, 2.24) is 10.3 Å². The van der Waals surface area contributed by atoms with E-state index in [0.29, 0.717) is 30.6 Å². The summed E-state index contributed by atoms with van der Waals surface area (Å²) in [6, 6.07) is 12.7. The van der Waals surface area contributed by atoms with Gasteiger partial charge in [-0.05, 0) is 43.2 Å². The first-order chi connectivity index (χ1) is 11.8. The average Bonchev–Trinajstić information content (AvgIpc) is 2.63. The lowest BCUT2D eigenvalue weighted by atomic mass is 10.1. The molecule has 0 saturated carbocycles. The van der Waals surface area contributed by atoms with Crippen LogP contribution in [0.2, 0.25) is 0 Å². The van der Waals surface area contributed by atoms with Gasteiger partial charge in [0, 0.05) is 31.5 Å². The smallest absolute Gasteiger partial charge is 0.258 e. The molecule has 1 aromatic heterocycles. The number of nitrogens with zero attached hydrogens (tertiary/aromatic N) is 1. The van der Waals surface area contributed by atoms with Gasteiger partial charge in [-0.2, -0.15) is 0 Å². The third-order valence-electron chi connectivity index (χ3n) is 3.64. The van der Waals surface area contributed by atoms with Crippen LogP contribution in [-0.4, -0.2) is 36.8 Å². The summed E-state index contributed by atoms with van der Waals surface area (Å²) in [5, 5.41) is 2.96. The highest BCUT2D eigenvalue weighted by atomic mass is 16.5. The molecule has 1 fully saturated rings. The van der Waals surface area contributed by atoms with Gasteiger partial charge in [-0.1, -0.05) is 6.07 Å². The van der Waals surface area contributed by atoms with Gasteiger partial charge in [0.25, 0.3) is 5.91 Å². The summed E-state index contributed by atoms with van der Waals surface area (Å²) in [6.45, 7) is 1.39. The van der Waals surface area contributed by atoms with Crippen LogP contribution in [0.3, 0.4) is 0 Å². The molecule has 0 atom stereocenters. The zero-order chi connectivity index (χ0) is 16.6. The first-order valence-corrected chi connectivity index (χ1v) is 7.98. The lowest BCUT2D eigenvalue weighted by molar-refractivity contribution is -0.124. The largest absolute Gasteiger partial charge is 0.484 e. The fourth-order valence-corrected chi connectivity index (χ4v) is 2.39. The monoisotopic (exact) mass is 328 g/mol. The fourth-order valence-electron chi connectivity index (χ4n) is 2.39. The van der Waals surface area contributed by atoms with E-state index in [4.69, 9.17) is 14.2 Å². The maximum atomic E-state index is 11.9. The highest BCUT2D eigenvalue weighted by molar-refractivity contribution is 5.77. The third kappa shape index (κ3) is 4.96. The molecule has 0 spiro atoms. The normalized spacial score (nSPS) is 14.8. The van der Waals surface area contributed by atoms with E-state index in [9.17, 15) is 4.79 Å². The van der Waals surface area contributed by atoms with Gasteiger partial charge in [-0.15, -0.1) is 0 Å². The molecule has 0 radical (unpaired) electrons. The SMILES string of the molecule is O=C(COc1ccc(Oc2ccccn2)cc1)NC1CCOCC1. The van der Waals surface area contributed by atoms with Crippen LogP contribution in [0.1, 0.15) is 12.8 Å². The van der Waals surface area contributed by atoms with Crippen LogP contribution in [0.4, 0.5) is 0 Å². The summed E-state index contributed by atoms with van der Waals surface area (Å²) in [5.41, 5.74) is 0. The Morgan fingerprint density at radius 3 is 2.58 bits per heavy atom. The molecule has 2 aromatic rings.